The molecular weight excluding hydrogens is 428 g/mol. The molecule has 0 amide bonds. The fourth-order valence-electron chi connectivity index (χ4n) is 5.68. The van der Waals surface area contributed by atoms with Crippen LogP contribution in [0.3, 0.4) is 0 Å². The Kier molecular flexibility index (Phi) is 6.11. The molecule has 5 rings (SSSR count). The molecule has 1 aliphatic heterocycles. The van der Waals surface area contributed by atoms with Gasteiger partial charge in [-0.05, 0) is 74.8 Å². The molecule has 1 saturated heterocycles. The Morgan fingerprint density at radius 3 is 2.58 bits per heavy atom. The highest BCUT2D eigenvalue weighted by Gasteiger charge is 2.44. The maximum Gasteiger partial charge on any atom is 0.170 e. The first-order valence-corrected chi connectivity index (χ1v) is 12.3. The Hall–Kier alpha value is -2.86. The summed E-state index contributed by atoms with van der Waals surface area (Å²) in [5.74, 6) is 0.862. The summed E-state index contributed by atoms with van der Waals surface area (Å²) in [6.07, 6.45) is 8.13. The molecule has 3 aromatic rings. The molecule has 0 bridgehead atoms. The summed E-state index contributed by atoms with van der Waals surface area (Å²) in [5.41, 5.74) is 5.90. The lowest BCUT2D eigenvalue weighted by atomic mass is 9.90. The number of methoxy groups -OCH3 is 1. The molecule has 1 aliphatic carbocycles. The van der Waals surface area contributed by atoms with Crippen molar-refractivity contribution < 1.29 is 4.74 Å². The first-order chi connectivity index (χ1) is 16.1. The van der Waals surface area contributed by atoms with Gasteiger partial charge in [-0.15, -0.1) is 0 Å². The Labute approximate surface area is 201 Å². The van der Waals surface area contributed by atoms with E-state index in [1.165, 1.54) is 49.1 Å². The van der Waals surface area contributed by atoms with Crippen LogP contribution < -0.4 is 10.1 Å². The number of rotatable bonds is 5. The molecule has 1 aromatic carbocycles. The van der Waals surface area contributed by atoms with Gasteiger partial charge in [0.1, 0.15) is 5.75 Å². The molecule has 1 N–H and O–H groups in total. The summed E-state index contributed by atoms with van der Waals surface area (Å²) in [5, 5.41) is 4.50. The minimum absolute atomic E-state index is 0.0277. The molecule has 5 nitrogen and oxygen atoms in total. The Morgan fingerprint density at radius 1 is 1.03 bits per heavy atom. The van der Waals surface area contributed by atoms with E-state index in [0.717, 1.165) is 22.2 Å². The average Bonchev–Trinajstić information content (AvgIpc) is 3.35. The average molecular weight is 461 g/mol. The number of aryl methyl sites for hydroxylation is 1. The lowest BCUT2D eigenvalue weighted by molar-refractivity contribution is 0.197. The van der Waals surface area contributed by atoms with Crippen LogP contribution in [0.4, 0.5) is 0 Å². The normalized spacial score (nSPS) is 21.3. The van der Waals surface area contributed by atoms with Gasteiger partial charge in [0.25, 0.3) is 0 Å². The van der Waals surface area contributed by atoms with E-state index in [1.807, 2.05) is 24.4 Å². The van der Waals surface area contributed by atoms with Gasteiger partial charge in [0, 0.05) is 35.4 Å². The van der Waals surface area contributed by atoms with Gasteiger partial charge in [-0.25, -0.2) is 0 Å². The van der Waals surface area contributed by atoms with Crippen molar-refractivity contribution in [1.82, 2.24) is 19.8 Å². The molecule has 2 fully saturated rings. The number of nitrogens with zero attached hydrogens (tertiary/aromatic N) is 3. The highest BCUT2D eigenvalue weighted by molar-refractivity contribution is 7.80. The SMILES string of the molecule is COc1cccc(-n2c(C)cc([C@H]3[C@@H](c4ccccn4)NC(=S)N3C3CCCCC3)c2C)c1. The van der Waals surface area contributed by atoms with E-state index in [4.69, 9.17) is 21.9 Å². The van der Waals surface area contributed by atoms with Crippen LogP contribution in [0.15, 0.2) is 54.7 Å². The van der Waals surface area contributed by atoms with Crippen LogP contribution in [0.5, 0.6) is 5.75 Å². The van der Waals surface area contributed by atoms with Gasteiger partial charge in [0.05, 0.1) is 24.9 Å². The van der Waals surface area contributed by atoms with Crippen molar-refractivity contribution in [3.05, 3.63) is 77.4 Å². The van der Waals surface area contributed by atoms with E-state index in [9.17, 15) is 0 Å². The third kappa shape index (κ3) is 4.01. The number of pyridine rings is 1. The van der Waals surface area contributed by atoms with Crippen LogP contribution in [0.25, 0.3) is 5.69 Å². The molecule has 2 aromatic heterocycles. The highest BCUT2D eigenvalue weighted by Crippen LogP contribution is 2.44. The van der Waals surface area contributed by atoms with Crippen LogP contribution in [0, 0.1) is 13.8 Å². The summed E-state index contributed by atoms with van der Waals surface area (Å²) in [7, 11) is 1.71. The first kappa shape index (κ1) is 22.0. The van der Waals surface area contributed by atoms with E-state index >= 15 is 0 Å². The van der Waals surface area contributed by atoms with Gasteiger partial charge in [0.2, 0.25) is 0 Å². The van der Waals surface area contributed by atoms with Crippen molar-refractivity contribution in [2.24, 2.45) is 0 Å². The summed E-state index contributed by atoms with van der Waals surface area (Å²) >= 11 is 5.95. The predicted molar refractivity (Wildman–Crippen MR) is 136 cm³/mol. The molecule has 172 valence electrons. The number of ether oxygens (including phenoxy) is 1. The van der Waals surface area contributed by atoms with Gasteiger partial charge in [-0.3, -0.25) is 4.98 Å². The summed E-state index contributed by atoms with van der Waals surface area (Å²) in [6, 6.07) is 17.4. The number of hydrogen-bond donors (Lipinski definition) is 1. The van der Waals surface area contributed by atoms with Crippen molar-refractivity contribution in [1.29, 1.82) is 0 Å². The number of nitrogens with one attached hydrogen (secondary N) is 1. The van der Waals surface area contributed by atoms with Gasteiger partial charge < -0.3 is 19.5 Å². The zero-order valence-corrected chi connectivity index (χ0v) is 20.4. The summed E-state index contributed by atoms with van der Waals surface area (Å²) in [4.78, 5) is 7.21. The molecule has 3 heterocycles. The molecule has 33 heavy (non-hydrogen) atoms. The largest absolute Gasteiger partial charge is 0.497 e. The number of thiocarbonyl (C=S) groups is 1. The summed E-state index contributed by atoms with van der Waals surface area (Å²) in [6.45, 7) is 4.40. The van der Waals surface area contributed by atoms with Crippen molar-refractivity contribution in [3.8, 4) is 11.4 Å². The first-order valence-electron chi connectivity index (χ1n) is 11.9. The van der Waals surface area contributed by atoms with Crippen LogP contribution in [-0.2, 0) is 0 Å². The third-order valence-electron chi connectivity index (χ3n) is 7.20. The molecule has 1 saturated carbocycles. The van der Waals surface area contributed by atoms with Crippen molar-refractivity contribution in [2.45, 2.75) is 64.1 Å². The fraction of sp³-hybridized carbons (Fsp3) is 0.407. The van der Waals surface area contributed by atoms with Crippen LogP contribution >= 0.6 is 12.2 Å². The molecular formula is C27H32N4OS. The zero-order chi connectivity index (χ0) is 22.9. The standard InChI is InChI=1S/C27H32N4OS/c1-18-16-23(19(2)30(18)21-12-9-13-22(17-21)32-3)26-25(24-14-7-8-15-28-24)29-27(33)31(26)20-10-5-4-6-11-20/h7-9,12-17,20,25-26H,4-6,10-11H2,1-3H3,(H,29,33)/t25-,26+/m1/s1. The molecule has 6 heteroatoms. The molecule has 2 aliphatic rings. The molecule has 0 radical (unpaired) electrons. The Morgan fingerprint density at radius 2 is 1.85 bits per heavy atom. The van der Waals surface area contributed by atoms with E-state index in [0.29, 0.717) is 6.04 Å². The van der Waals surface area contributed by atoms with Crippen LogP contribution in [-0.4, -0.2) is 32.7 Å². The van der Waals surface area contributed by atoms with E-state index in [2.05, 4.69) is 59.0 Å². The van der Waals surface area contributed by atoms with E-state index in [-0.39, 0.29) is 12.1 Å². The highest BCUT2D eigenvalue weighted by atomic mass is 32.1. The van der Waals surface area contributed by atoms with Gasteiger partial charge in [0.15, 0.2) is 5.11 Å². The molecule has 2 atom stereocenters. The number of benzene rings is 1. The third-order valence-corrected chi connectivity index (χ3v) is 7.53. The maximum absolute atomic E-state index is 5.95. The van der Waals surface area contributed by atoms with Gasteiger partial charge in [-0.2, -0.15) is 0 Å². The second kappa shape index (κ2) is 9.18. The summed E-state index contributed by atoms with van der Waals surface area (Å²) < 4.78 is 7.82. The van der Waals surface area contributed by atoms with E-state index < -0.39 is 0 Å². The van der Waals surface area contributed by atoms with Crippen molar-refractivity contribution in [2.75, 3.05) is 7.11 Å². The second-order valence-electron chi connectivity index (χ2n) is 9.19. The van der Waals surface area contributed by atoms with Crippen LogP contribution in [0.1, 0.15) is 66.8 Å². The molecule has 0 unspecified atom stereocenters. The smallest absolute Gasteiger partial charge is 0.170 e. The van der Waals surface area contributed by atoms with Gasteiger partial charge in [-0.1, -0.05) is 31.4 Å². The fourth-order valence-corrected chi connectivity index (χ4v) is 6.07. The van der Waals surface area contributed by atoms with Crippen LogP contribution in [0.2, 0.25) is 0 Å². The Balaban J connectivity index is 1.62. The topological polar surface area (TPSA) is 42.3 Å². The van der Waals surface area contributed by atoms with Crippen molar-refractivity contribution >= 4 is 17.3 Å². The quantitative estimate of drug-likeness (QED) is 0.487. The minimum Gasteiger partial charge on any atom is -0.497 e. The Bertz CT molecular complexity index is 1140. The lowest BCUT2D eigenvalue weighted by Crippen LogP contribution is -2.40. The minimum atomic E-state index is 0.0277. The second-order valence-corrected chi connectivity index (χ2v) is 9.58. The number of hydrogen-bond acceptors (Lipinski definition) is 3. The monoisotopic (exact) mass is 460 g/mol. The van der Waals surface area contributed by atoms with Gasteiger partial charge >= 0.3 is 0 Å². The zero-order valence-electron chi connectivity index (χ0n) is 19.6. The molecule has 0 spiro atoms. The predicted octanol–water partition coefficient (Wildman–Crippen LogP) is 5.80. The number of aromatic nitrogens is 2. The van der Waals surface area contributed by atoms with Crippen molar-refractivity contribution in [3.63, 3.8) is 0 Å². The van der Waals surface area contributed by atoms with E-state index in [1.54, 1.807) is 7.11 Å². The lowest BCUT2D eigenvalue weighted by Gasteiger charge is -2.37. The maximum atomic E-state index is 5.95.